The van der Waals surface area contributed by atoms with Gasteiger partial charge < -0.3 is 19.6 Å². The standard InChI is InChI=1S/2C10H17NO3/c1-10(2,3)14-9(13)11-6-4-8(12)5-7-11;1-10(2,3)8-6-7(12)4-5-11(8)9(13)14/h4-7H2,1-3H3;8H,4-6H2,1-3H3,(H,13,14). The summed E-state index contributed by atoms with van der Waals surface area (Å²) in [6.45, 7) is 12.7. The van der Waals surface area contributed by atoms with Crippen LogP contribution in [0.4, 0.5) is 9.59 Å². The molecule has 160 valence electrons. The molecule has 1 unspecified atom stereocenters. The van der Waals surface area contributed by atoms with Gasteiger partial charge in [-0.3, -0.25) is 9.59 Å². The number of carboxylic acid groups (broad SMARTS) is 1. The van der Waals surface area contributed by atoms with Crippen molar-refractivity contribution in [1.82, 2.24) is 9.80 Å². The van der Waals surface area contributed by atoms with Crippen LogP contribution in [-0.2, 0) is 14.3 Å². The molecule has 2 amide bonds. The van der Waals surface area contributed by atoms with E-state index in [0.717, 1.165) is 0 Å². The molecule has 2 heterocycles. The van der Waals surface area contributed by atoms with E-state index in [2.05, 4.69) is 0 Å². The van der Waals surface area contributed by atoms with E-state index in [1.165, 1.54) is 4.90 Å². The molecule has 0 radical (unpaired) electrons. The number of ketones is 2. The van der Waals surface area contributed by atoms with Gasteiger partial charge in [-0.2, -0.15) is 0 Å². The van der Waals surface area contributed by atoms with E-state index in [-0.39, 0.29) is 29.1 Å². The van der Waals surface area contributed by atoms with Crippen LogP contribution in [0.3, 0.4) is 0 Å². The molecule has 28 heavy (non-hydrogen) atoms. The Morgan fingerprint density at radius 1 is 0.929 bits per heavy atom. The minimum atomic E-state index is -0.919. The van der Waals surface area contributed by atoms with Gasteiger partial charge in [0.2, 0.25) is 0 Å². The fourth-order valence-electron chi connectivity index (χ4n) is 3.10. The molecule has 2 aliphatic heterocycles. The summed E-state index contributed by atoms with van der Waals surface area (Å²) >= 11 is 0. The van der Waals surface area contributed by atoms with E-state index in [4.69, 9.17) is 9.84 Å². The number of rotatable bonds is 0. The van der Waals surface area contributed by atoms with Crippen LogP contribution in [0.15, 0.2) is 0 Å². The average molecular weight is 399 g/mol. The lowest BCUT2D eigenvalue weighted by atomic mass is 9.80. The topological polar surface area (TPSA) is 104 Å². The fourth-order valence-corrected chi connectivity index (χ4v) is 3.10. The molecule has 0 aromatic rings. The Balaban J connectivity index is 0.000000280. The monoisotopic (exact) mass is 398 g/mol. The van der Waals surface area contributed by atoms with Crippen molar-refractivity contribution >= 4 is 23.8 Å². The van der Waals surface area contributed by atoms with Crippen LogP contribution in [0.5, 0.6) is 0 Å². The minimum Gasteiger partial charge on any atom is -0.465 e. The van der Waals surface area contributed by atoms with E-state index >= 15 is 0 Å². The van der Waals surface area contributed by atoms with Crippen molar-refractivity contribution in [2.24, 2.45) is 5.41 Å². The predicted octanol–water partition coefficient (Wildman–Crippen LogP) is 3.33. The third kappa shape index (κ3) is 7.86. The van der Waals surface area contributed by atoms with Crippen LogP contribution in [0, 0.1) is 5.41 Å². The highest BCUT2D eigenvalue weighted by atomic mass is 16.6. The third-order valence-corrected chi connectivity index (χ3v) is 4.65. The zero-order chi connectivity index (χ0) is 21.7. The molecule has 2 aliphatic rings. The Bertz CT molecular complexity index is 593. The van der Waals surface area contributed by atoms with Crippen LogP contribution >= 0.6 is 0 Å². The Morgan fingerprint density at radius 3 is 1.86 bits per heavy atom. The maximum Gasteiger partial charge on any atom is 0.410 e. The molecule has 0 aromatic heterocycles. The number of nitrogens with zero attached hydrogens (tertiary/aromatic N) is 2. The van der Waals surface area contributed by atoms with E-state index < -0.39 is 11.7 Å². The van der Waals surface area contributed by atoms with Gasteiger partial charge in [-0.05, 0) is 26.2 Å². The van der Waals surface area contributed by atoms with Crippen molar-refractivity contribution in [3.05, 3.63) is 0 Å². The first-order valence-corrected chi connectivity index (χ1v) is 9.71. The summed E-state index contributed by atoms with van der Waals surface area (Å²) in [6.07, 6.45) is 0.398. The molecule has 2 rings (SSSR count). The van der Waals surface area contributed by atoms with E-state index in [1.807, 2.05) is 41.5 Å². The van der Waals surface area contributed by atoms with Gasteiger partial charge in [0.15, 0.2) is 0 Å². The number of hydrogen-bond acceptors (Lipinski definition) is 5. The first-order valence-electron chi connectivity index (χ1n) is 9.71. The third-order valence-electron chi connectivity index (χ3n) is 4.65. The molecule has 0 aliphatic carbocycles. The second-order valence-electron chi connectivity index (χ2n) is 9.36. The lowest BCUT2D eigenvalue weighted by Gasteiger charge is -2.41. The van der Waals surface area contributed by atoms with Crippen LogP contribution in [0.25, 0.3) is 0 Å². The summed E-state index contributed by atoms with van der Waals surface area (Å²) in [5.41, 5.74) is -0.632. The highest BCUT2D eigenvalue weighted by Crippen LogP contribution is 2.30. The number of carbonyl (C=O) groups excluding carboxylic acids is 3. The van der Waals surface area contributed by atoms with Gasteiger partial charge in [-0.15, -0.1) is 0 Å². The van der Waals surface area contributed by atoms with Crippen molar-refractivity contribution in [1.29, 1.82) is 0 Å². The molecular formula is C20H34N2O6. The normalized spacial score (nSPS) is 21.0. The molecule has 0 saturated carbocycles. The zero-order valence-electron chi connectivity index (χ0n) is 17.9. The number of piperidine rings is 2. The number of amides is 2. The lowest BCUT2D eigenvalue weighted by molar-refractivity contribution is -0.124. The summed E-state index contributed by atoms with van der Waals surface area (Å²) in [5.74, 6) is 0.396. The van der Waals surface area contributed by atoms with Gasteiger partial charge in [-0.25, -0.2) is 9.59 Å². The SMILES string of the molecule is CC(C)(C)C1CC(=O)CCN1C(=O)O.CC(C)(C)OC(=O)N1CCC(=O)CC1. The molecule has 0 spiro atoms. The summed E-state index contributed by atoms with van der Waals surface area (Å²) < 4.78 is 5.19. The van der Waals surface area contributed by atoms with Crippen molar-refractivity contribution in [3.63, 3.8) is 0 Å². The maximum absolute atomic E-state index is 11.5. The van der Waals surface area contributed by atoms with Gasteiger partial charge in [0, 0.05) is 51.4 Å². The van der Waals surface area contributed by atoms with Crippen LogP contribution < -0.4 is 0 Å². The smallest absolute Gasteiger partial charge is 0.410 e. The first kappa shape index (κ1) is 23.9. The second kappa shape index (κ2) is 9.39. The van der Waals surface area contributed by atoms with E-state index in [9.17, 15) is 19.2 Å². The minimum absolute atomic E-state index is 0.169. The van der Waals surface area contributed by atoms with Gasteiger partial charge in [0.05, 0.1) is 0 Å². The Hall–Kier alpha value is -2.12. The van der Waals surface area contributed by atoms with Crippen molar-refractivity contribution < 1.29 is 29.0 Å². The summed E-state index contributed by atoms with van der Waals surface area (Å²) in [5, 5.41) is 8.97. The van der Waals surface area contributed by atoms with Gasteiger partial charge >= 0.3 is 12.2 Å². The molecule has 8 nitrogen and oxygen atoms in total. The molecule has 0 aromatic carbocycles. The molecule has 1 N–H and O–H groups in total. The fraction of sp³-hybridized carbons (Fsp3) is 0.800. The lowest BCUT2D eigenvalue weighted by Crippen LogP contribution is -2.51. The van der Waals surface area contributed by atoms with Crippen molar-refractivity contribution in [2.45, 2.75) is 78.9 Å². The first-order chi connectivity index (χ1) is 12.7. The highest BCUT2D eigenvalue weighted by Gasteiger charge is 2.37. The Morgan fingerprint density at radius 2 is 1.43 bits per heavy atom. The maximum atomic E-state index is 11.5. The summed E-state index contributed by atoms with van der Waals surface area (Å²) in [6, 6.07) is -0.179. The highest BCUT2D eigenvalue weighted by molar-refractivity contribution is 5.82. The molecule has 0 bridgehead atoms. The molecular weight excluding hydrogens is 364 g/mol. The van der Waals surface area contributed by atoms with Crippen LogP contribution in [-0.4, -0.2) is 69.9 Å². The number of ether oxygens (including phenoxy) is 1. The Labute approximate surface area is 167 Å². The number of hydrogen-bond donors (Lipinski definition) is 1. The summed E-state index contributed by atoms with van der Waals surface area (Å²) in [7, 11) is 0. The second-order valence-corrected chi connectivity index (χ2v) is 9.36. The number of carbonyl (C=O) groups is 4. The van der Waals surface area contributed by atoms with Crippen molar-refractivity contribution in [3.8, 4) is 0 Å². The predicted molar refractivity (Wildman–Crippen MR) is 104 cm³/mol. The van der Waals surface area contributed by atoms with Gasteiger partial charge in [-0.1, -0.05) is 20.8 Å². The zero-order valence-corrected chi connectivity index (χ0v) is 17.9. The van der Waals surface area contributed by atoms with Gasteiger partial charge in [0.1, 0.15) is 17.2 Å². The molecule has 2 saturated heterocycles. The van der Waals surface area contributed by atoms with Gasteiger partial charge in [0.25, 0.3) is 0 Å². The molecule has 8 heteroatoms. The largest absolute Gasteiger partial charge is 0.465 e. The Kier molecular flexibility index (Phi) is 8.02. The van der Waals surface area contributed by atoms with Crippen molar-refractivity contribution in [2.75, 3.05) is 19.6 Å². The van der Waals surface area contributed by atoms with E-state index in [1.54, 1.807) is 4.90 Å². The number of Topliss-reactive ketones (excluding diaryl/α,β-unsaturated/α-hetero) is 2. The van der Waals surface area contributed by atoms with Crippen LogP contribution in [0.2, 0.25) is 0 Å². The molecule has 1 atom stereocenters. The summed E-state index contributed by atoms with van der Waals surface area (Å²) in [4.78, 5) is 47.6. The quantitative estimate of drug-likeness (QED) is 0.671. The number of likely N-dealkylation sites (tertiary alicyclic amines) is 2. The molecule has 2 fully saturated rings. The average Bonchev–Trinajstić information content (AvgIpc) is 2.53. The van der Waals surface area contributed by atoms with E-state index in [0.29, 0.717) is 45.3 Å². The van der Waals surface area contributed by atoms with Crippen LogP contribution in [0.1, 0.15) is 67.2 Å².